The SMILES string of the molecule is c1ccc(-c2ncnc(-c3cc4cc(-c5ncnc(-c6ccccn6)n5)c5ccc6ccccc6c5c4c4ccccc34)n2)nc1. The lowest BCUT2D eigenvalue weighted by Gasteiger charge is -2.16. The second-order valence-corrected chi connectivity index (χ2v) is 10.9. The minimum Gasteiger partial charge on any atom is -0.253 e. The van der Waals surface area contributed by atoms with Crippen molar-refractivity contribution in [2.75, 3.05) is 0 Å². The minimum absolute atomic E-state index is 0.520. The van der Waals surface area contributed by atoms with Crippen LogP contribution in [0.15, 0.2) is 134 Å². The largest absolute Gasteiger partial charge is 0.253 e. The van der Waals surface area contributed by atoms with Crippen LogP contribution >= 0.6 is 0 Å². The molecular weight excluding hydrogens is 568 g/mol. The van der Waals surface area contributed by atoms with Crippen LogP contribution in [0.2, 0.25) is 0 Å². The fraction of sp³-hybridized carbons (Fsp3) is 0. The summed E-state index contributed by atoms with van der Waals surface area (Å²) in [5.41, 5.74) is 3.18. The van der Waals surface area contributed by atoms with Crippen molar-refractivity contribution in [1.82, 2.24) is 39.9 Å². The van der Waals surface area contributed by atoms with Gasteiger partial charge < -0.3 is 0 Å². The molecular formula is C38H22N8. The highest BCUT2D eigenvalue weighted by Crippen LogP contribution is 2.43. The van der Waals surface area contributed by atoms with Gasteiger partial charge in [-0.1, -0.05) is 72.8 Å². The van der Waals surface area contributed by atoms with Gasteiger partial charge in [-0.3, -0.25) is 9.97 Å². The highest BCUT2D eigenvalue weighted by atomic mass is 15.0. The molecule has 0 N–H and O–H groups in total. The smallest absolute Gasteiger partial charge is 0.181 e. The van der Waals surface area contributed by atoms with Crippen LogP contribution in [-0.2, 0) is 0 Å². The molecule has 0 fully saturated rings. The van der Waals surface area contributed by atoms with Crippen LogP contribution in [0.5, 0.6) is 0 Å². The Balaban J connectivity index is 1.38. The first-order valence-corrected chi connectivity index (χ1v) is 14.8. The fourth-order valence-corrected chi connectivity index (χ4v) is 6.25. The minimum atomic E-state index is 0.520. The van der Waals surface area contributed by atoms with E-state index in [2.05, 4.69) is 103 Å². The highest BCUT2D eigenvalue weighted by molar-refractivity contribution is 6.31. The Morgan fingerprint density at radius 3 is 1.52 bits per heavy atom. The van der Waals surface area contributed by atoms with Gasteiger partial charge in [-0.2, -0.15) is 0 Å². The van der Waals surface area contributed by atoms with E-state index in [-0.39, 0.29) is 0 Å². The molecule has 0 amide bonds. The Bertz CT molecular complexity index is 2580. The number of hydrogen-bond donors (Lipinski definition) is 0. The van der Waals surface area contributed by atoms with E-state index in [9.17, 15) is 0 Å². The van der Waals surface area contributed by atoms with Gasteiger partial charge in [0.2, 0.25) is 0 Å². The molecule has 46 heavy (non-hydrogen) atoms. The van der Waals surface area contributed by atoms with E-state index < -0.39 is 0 Å². The molecule has 0 aliphatic rings. The quantitative estimate of drug-likeness (QED) is 0.189. The summed E-state index contributed by atoms with van der Waals surface area (Å²) in [5.74, 6) is 2.19. The number of benzene rings is 5. The molecule has 5 aromatic carbocycles. The van der Waals surface area contributed by atoms with Crippen molar-refractivity contribution in [3.8, 4) is 45.8 Å². The molecule has 9 rings (SSSR count). The van der Waals surface area contributed by atoms with Gasteiger partial charge in [0.05, 0.1) is 0 Å². The first kappa shape index (κ1) is 25.9. The standard InChI is InChI=1S/C38H22N8/c1-2-10-25-23(9-1)15-16-28-30(36-42-22-44-38(46-36)32-14-6-8-18-40-32)20-24-19-29(26-11-3-4-12-27(26)33(24)34(25)28)35-41-21-43-37(45-35)31-13-5-7-17-39-31/h1-22H. The highest BCUT2D eigenvalue weighted by Gasteiger charge is 2.19. The van der Waals surface area contributed by atoms with E-state index in [0.717, 1.165) is 54.2 Å². The molecule has 9 aromatic rings. The summed E-state index contributed by atoms with van der Waals surface area (Å²) in [4.78, 5) is 36.9. The van der Waals surface area contributed by atoms with Crippen LogP contribution in [0.25, 0.3) is 88.9 Å². The Kier molecular flexibility index (Phi) is 5.95. The van der Waals surface area contributed by atoms with E-state index in [4.69, 9.17) is 9.97 Å². The van der Waals surface area contributed by atoms with E-state index in [1.165, 1.54) is 0 Å². The number of nitrogens with zero attached hydrogens (tertiary/aromatic N) is 8. The number of pyridine rings is 2. The summed E-state index contributed by atoms with van der Waals surface area (Å²) in [6, 6.07) is 37.0. The van der Waals surface area contributed by atoms with Gasteiger partial charge in [-0.15, -0.1) is 0 Å². The molecule has 4 heterocycles. The molecule has 0 radical (unpaired) electrons. The number of hydrogen-bond acceptors (Lipinski definition) is 8. The van der Waals surface area contributed by atoms with Gasteiger partial charge in [0.15, 0.2) is 23.3 Å². The lowest BCUT2D eigenvalue weighted by Crippen LogP contribution is -1.99. The topological polar surface area (TPSA) is 103 Å². The maximum absolute atomic E-state index is 4.91. The summed E-state index contributed by atoms with van der Waals surface area (Å²) >= 11 is 0. The van der Waals surface area contributed by atoms with Gasteiger partial charge in [0, 0.05) is 23.5 Å². The van der Waals surface area contributed by atoms with Crippen LogP contribution in [0.3, 0.4) is 0 Å². The number of fused-ring (bicyclic) bond motifs is 7. The van der Waals surface area contributed by atoms with Gasteiger partial charge >= 0.3 is 0 Å². The lowest BCUT2D eigenvalue weighted by atomic mass is 9.88. The Morgan fingerprint density at radius 2 is 0.891 bits per heavy atom. The second kappa shape index (κ2) is 10.6. The van der Waals surface area contributed by atoms with Gasteiger partial charge in [0.25, 0.3) is 0 Å². The maximum Gasteiger partial charge on any atom is 0.181 e. The molecule has 8 heteroatoms. The number of rotatable bonds is 4. The summed E-state index contributed by atoms with van der Waals surface area (Å²) < 4.78 is 0. The zero-order valence-electron chi connectivity index (χ0n) is 24.3. The molecule has 8 nitrogen and oxygen atoms in total. The zero-order valence-corrected chi connectivity index (χ0v) is 24.3. The van der Waals surface area contributed by atoms with E-state index >= 15 is 0 Å². The summed E-state index contributed by atoms with van der Waals surface area (Å²) in [6.45, 7) is 0. The monoisotopic (exact) mass is 590 g/mol. The second-order valence-electron chi connectivity index (χ2n) is 10.9. The van der Waals surface area contributed by atoms with Crippen LogP contribution < -0.4 is 0 Å². The molecule has 214 valence electrons. The van der Waals surface area contributed by atoms with E-state index in [1.54, 1.807) is 25.0 Å². The molecule has 4 aromatic heterocycles. The number of aromatic nitrogens is 8. The lowest BCUT2D eigenvalue weighted by molar-refractivity contribution is 1.05. The average Bonchev–Trinajstić information content (AvgIpc) is 3.14. The molecule has 0 spiro atoms. The average molecular weight is 591 g/mol. The first-order valence-electron chi connectivity index (χ1n) is 14.8. The van der Waals surface area contributed by atoms with E-state index in [0.29, 0.717) is 34.7 Å². The third-order valence-electron chi connectivity index (χ3n) is 8.26. The van der Waals surface area contributed by atoms with Gasteiger partial charge in [0.1, 0.15) is 24.0 Å². The fourth-order valence-electron chi connectivity index (χ4n) is 6.25. The van der Waals surface area contributed by atoms with Gasteiger partial charge in [-0.25, -0.2) is 29.9 Å². The van der Waals surface area contributed by atoms with Gasteiger partial charge in [-0.05, 0) is 79.5 Å². The molecule has 0 unspecified atom stereocenters. The zero-order chi connectivity index (χ0) is 30.5. The van der Waals surface area contributed by atoms with Crippen LogP contribution in [0.1, 0.15) is 0 Å². The Hall–Kier alpha value is -6.54. The molecule has 0 saturated heterocycles. The maximum atomic E-state index is 4.91. The molecule has 0 aliphatic carbocycles. The van der Waals surface area contributed by atoms with Crippen LogP contribution in [0.4, 0.5) is 0 Å². The summed E-state index contributed by atoms with van der Waals surface area (Å²) in [5, 5.41) is 8.82. The van der Waals surface area contributed by atoms with Crippen molar-refractivity contribution in [1.29, 1.82) is 0 Å². The van der Waals surface area contributed by atoms with Crippen molar-refractivity contribution >= 4 is 43.1 Å². The van der Waals surface area contributed by atoms with Crippen molar-refractivity contribution < 1.29 is 0 Å². The van der Waals surface area contributed by atoms with Crippen LogP contribution in [-0.4, -0.2) is 39.9 Å². The third kappa shape index (κ3) is 4.23. The third-order valence-corrected chi connectivity index (χ3v) is 8.26. The van der Waals surface area contributed by atoms with Crippen molar-refractivity contribution in [3.63, 3.8) is 0 Å². The van der Waals surface area contributed by atoms with Crippen LogP contribution in [0, 0.1) is 0 Å². The predicted molar refractivity (Wildman–Crippen MR) is 181 cm³/mol. The normalized spacial score (nSPS) is 11.5. The molecule has 0 aliphatic heterocycles. The first-order chi connectivity index (χ1) is 22.8. The van der Waals surface area contributed by atoms with Crippen molar-refractivity contribution in [3.05, 3.63) is 134 Å². The molecule has 0 bridgehead atoms. The summed E-state index contributed by atoms with van der Waals surface area (Å²) in [6.07, 6.45) is 6.58. The molecule has 0 atom stereocenters. The Morgan fingerprint density at radius 1 is 0.348 bits per heavy atom. The molecule has 0 saturated carbocycles. The Labute approximate surface area is 262 Å². The van der Waals surface area contributed by atoms with E-state index in [1.807, 2.05) is 36.4 Å². The summed E-state index contributed by atoms with van der Waals surface area (Å²) in [7, 11) is 0. The van der Waals surface area contributed by atoms with Crippen molar-refractivity contribution in [2.45, 2.75) is 0 Å². The van der Waals surface area contributed by atoms with Crippen molar-refractivity contribution in [2.24, 2.45) is 0 Å². The predicted octanol–water partition coefficient (Wildman–Crippen LogP) is 8.13.